The van der Waals surface area contributed by atoms with Gasteiger partial charge in [-0.2, -0.15) is 0 Å². The third kappa shape index (κ3) is 3.09. The first kappa shape index (κ1) is 13.5. The quantitative estimate of drug-likeness (QED) is 0.867. The fraction of sp³-hybridized carbons (Fsp3) is 0.417. The molecule has 1 aromatic rings. The molecule has 1 heterocycles. The van der Waals surface area contributed by atoms with E-state index in [-0.39, 0.29) is 11.9 Å². The molecule has 1 N–H and O–H groups in total. The fourth-order valence-corrected chi connectivity index (χ4v) is 2.84. The molecule has 2 rings (SSSR count). The van der Waals surface area contributed by atoms with Crippen LogP contribution >= 0.6 is 23.5 Å². The second-order valence-corrected chi connectivity index (χ2v) is 5.36. The number of carbonyl (C=O) groups is 1. The molecule has 0 bridgehead atoms. The summed E-state index contributed by atoms with van der Waals surface area (Å²) in [5, 5.41) is 3.37. The highest BCUT2D eigenvalue weighted by Crippen LogP contribution is 2.23. The van der Waals surface area contributed by atoms with Crippen molar-refractivity contribution >= 4 is 35.1 Å². The zero-order chi connectivity index (χ0) is 13.1. The van der Waals surface area contributed by atoms with E-state index < -0.39 is 5.82 Å². The number of piperidine rings is 1. The third-order valence-corrected chi connectivity index (χ3v) is 3.84. The topological polar surface area (TPSA) is 32.3 Å². The van der Waals surface area contributed by atoms with Crippen molar-refractivity contribution in [2.75, 3.05) is 18.1 Å². The standard InChI is InChI=1S/C12H14ClFN2OS/c1-18-16-4-2-3-11(12(16)17)15-10-6-8(13)5-9(14)7-10/h5-7,11,15H,2-4H2,1H3. The van der Waals surface area contributed by atoms with Crippen LogP contribution < -0.4 is 5.32 Å². The number of nitrogens with zero attached hydrogens (tertiary/aromatic N) is 1. The highest BCUT2D eigenvalue weighted by molar-refractivity contribution is 7.96. The summed E-state index contributed by atoms with van der Waals surface area (Å²) in [5.41, 5.74) is 0.543. The van der Waals surface area contributed by atoms with Gasteiger partial charge in [-0.15, -0.1) is 0 Å². The molecule has 1 saturated heterocycles. The number of nitrogens with one attached hydrogen (secondary N) is 1. The number of hydrogen-bond acceptors (Lipinski definition) is 3. The van der Waals surface area contributed by atoms with Gasteiger partial charge in [-0.25, -0.2) is 4.39 Å². The van der Waals surface area contributed by atoms with Gasteiger partial charge in [0.2, 0.25) is 0 Å². The minimum atomic E-state index is -0.407. The van der Waals surface area contributed by atoms with E-state index in [0.29, 0.717) is 10.7 Å². The third-order valence-electron chi connectivity index (χ3n) is 2.82. The van der Waals surface area contributed by atoms with Crippen LogP contribution in [0.2, 0.25) is 5.02 Å². The summed E-state index contributed by atoms with van der Waals surface area (Å²) in [6.45, 7) is 0.766. The summed E-state index contributed by atoms with van der Waals surface area (Å²) in [5.74, 6) is -0.371. The average Bonchev–Trinajstić information content (AvgIpc) is 2.30. The van der Waals surface area contributed by atoms with Crippen molar-refractivity contribution in [3.63, 3.8) is 0 Å². The minimum Gasteiger partial charge on any atom is -0.374 e. The van der Waals surface area contributed by atoms with Crippen molar-refractivity contribution in [1.29, 1.82) is 0 Å². The predicted octanol–water partition coefficient (Wildman–Crippen LogP) is 3.16. The molecule has 1 aliphatic heterocycles. The van der Waals surface area contributed by atoms with E-state index in [9.17, 15) is 9.18 Å². The van der Waals surface area contributed by atoms with Crippen molar-refractivity contribution in [2.45, 2.75) is 18.9 Å². The van der Waals surface area contributed by atoms with Crippen LogP contribution in [0.25, 0.3) is 0 Å². The van der Waals surface area contributed by atoms with Gasteiger partial charge in [-0.1, -0.05) is 23.5 Å². The number of benzene rings is 1. The highest BCUT2D eigenvalue weighted by atomic mass is 35.5. The maximum absolute atomic E-state index is 13.2. The maximum atomic E-state index is 13.2. The second kappa shape index (κ2) is 5.80. The Kier molecular flexibility index (Phi) is 4.35. The van der Waals surface area contributed by atoms with Crippen LogP contribution in [0.1, 0.15) is 12.8 Å². The van der Waals surface area contributed by atoms with E-state index in [1.54, 1.807) is 10.4 Å². The summed E-state index contributed by atoms with van der Waals surface area (Å²) in [6.07, 6.45) is 3.57. The van der Waals surface area contributed by atoms with Gasteiger partial charge in [0.1, 0.15) is 11.9 Å². The lowest BCUT2D eigenvalue weighted by molar-refractivity contribution is -0.128. The first-order chi connectivity index (χ1) is 8.60. The van der Waals surface area contributed by atoms with Gasteiger partial charge >= 0.3 is 0 Å². The minimum absolute atomic E-state index is 0.0362. The summed E-state index contributed by atoms with van der Waals surface area (Å²) in [4.78, 5) is 12.0. The lowest BCUT2D eigenvalue weighted by Crippen LogP contribution is -2.44. The Morgan fingerprint density at radius 2 is 2.28 bits per heavy atom. The van der Waals surface area contributed by atoms with Crippen molar-refractivity contribution in [2.24, 2.45) is 0 Å². The molecule has 18 heavy (non-hydrogen) atoms. The average molecular weight is 289 g/mol. The molecule has 3 nitrogen and oxygen atoms in total. The van der Waals surface area contributed by atoms with Crippen molar-refractivity contribution < 1.29 is 9.18 Å². The van der Waals surface area contributed by atoms with Crippen LogP contribution in [-0.2, 0) is 4.79 Å². The summed E-state index contributed by atoms with van der Waals surface area (Å²) in [7, 11) is 0. The molecule has 1 amide bonds. The molecule has 1 aliphatic rings. The number of anilines is 1. The molecule has 0 aliphatic carbocycles. The molecule has 0 aromatic heterocycles. The number of rotatable bonds is 3. The first-order valence-corrected chi connectivity index (χ1v) is 7.24. The van der Waals surface area contributed by atoms with E-state index in [1.165, 1.54) is 24.1 Å². The van der Waals surface area contributed by atoms with E-state index in [1.807, 2.05) is 6.26 Å². The summed E-state index contributed by atoms with van der Waals surface area (Å²) < 4.78 is 14.9. The number of halogens is 2. The Morgan fingerprint density at radius 1 is 1.50 bits per heavy atom. The molecular weight excluding hydrogens is 275 g/mol. The molecule has 1 atom stereocenters. The number of hydrogen-bond donors (Lipinski definition) is 1. The van der Waals surface area contributed by atoms with Gasteiger partial charge in [-0.3, -0.25) is 9.10 Å². The van der Waals surface area contributed by atoms with E-state index in [4.69, 9.17) is 11.6 Å². The number of amides is 1. The van der Waals surface area contributed by atoms with E-state index in [2.05, 4.69) is 5.32 Å². The lowest BCUT2D eigenvalue weighted by atomic mass is 10.1. The zero-order valence-electron chi connectivity index (χ0n) is 9.95. The fourth-order valence-electron chi connectivity index (χ4n) is 2.00. The lowest BCUT2D eigenvalue weighted by Gasteiger charge is -2.31. The Hall–Kier alpha value is -0.940. The molecular formula is C12H14ClFN2OS. The Labute approximate surface area is 115 Å². The monoisotopic (exact) mass is 288 g/mol. The highest BCUT2D eigenvalue weighted by Gasteiger charge is 2.28. The SMILES string of the molecule is CSN1CCCC(Nc2cc(F)cc(Cl)c2)C1=O. The van der Waals surface area contributed by atoms with Gasteiger partial charge < -0.3 is 5.32 Å². The molecule has 1 fully saturated rings. The van der Waals surface area contributed by atoms with Crippen molar-refractivity contribution in [3.8, 4) is 0 Å². The molecule has 0 radical (unpaired) electrons. The molecule has 1 unspecified atom stereocenters. The summed E-state index contributed by atoms with van der Waals surface area (Å²) in [6, 6.07) is 3.90. The van der Waals surface area contributed by atoms with Crippen LogP contribution in [-0.4, -0.2) is 29.1 Å². The van der Waals surface area contributed by atoms with Gasteiger partial charge in [0.05, 0.1) is 0 Å². The Bertz CT molecular complexity index is 437. The number of carbonyl (C=O) groups excluding carboxylic acids is 1. The van der Waals surface area contributed by atoms with E-state index in [0.717, 1.165) is 19.4 Å². The Balaban J connectivity index is 2.10. The van der Waals surface area contributed by atoms with Crippen molar-refractivity contribution in [1.82, 2.24) is 4.31 Å². The normalized spacial score (nSPS) is 20.1. The van der Waals surface area contributed by atoms with Crippen LogP contribution in [0.5, 0.6) is 0 Å². The molecule has 1 aromatic carbocycles. The van der Waals surface area contributed by atoms with E-state index >= 15 is 0 Å². The summed E-state index contributed by atoms with van der Waals surface area (Å²) >= 11 is 7.20. The predicted molar refractivity (Wildman–Crippen MR) is 73.3 cm³/mol. The van der Waals surface area contributed by atoms with Gasteiger partial charge in [0.25, 0.3) is 5.91 Å². The second-order valence-electron chi connectivity index (χ2n) is 4.12. The molecule has 98 valence electrons. The van der Waals surface area contributed by atoms with Crippen LogP contribution in [0.15, 0.2) is 18.2 Å². The first-order valence-electron chi connectivity index (χ1n) is 5.68. The smallest absolute Gasteiger partial charge is 0.254 e. The molecule has 0 saturated carbocycles. The van der Waals surface area contributed by atoms with Gasteiger partial charge in [0.15, 0.2) is 0 Å². The van der Waals surface area contributed by atoms with Gasteiger partial charge in [-0.05, 0) is 31.0 Å². The Morgan fingerprint density at radius 3 is 2.94 bits per heavy atom. The van der Waals surface area contributed by atoms with Crippen LogP contribution in [0, 0.1) is 5.82 Å². The largest absolute Gasteiger partial charge is 0.374 e. The van der Waals surface area contributed by atoms with Gasteiger partial charge in [0, 0.05) is 23.5 Å². The van der Waals surface area contributed by atoms with Crippen LogP contribution in [0.3, 0.4) is 0 Å². The molecule has 0 spiro atoms. The van der Waals surface area contributed by atoms with Crippen molar-refractivity contribution in [3.05, 3.63) is 29.0 Å². The maximum Gasteiger partial charge on any atom is 0.254 e. The zero-order valence-corrected chi connectivity index (χ0v) is 11.5. The molecule has 6 heteroatoms. The van der Waals surface area contributed by atoms with Crippen LogP contribution in [0.4, 0.5) is 10.1 Å².